The summed E-state index contributed by atoms with van der Waals surface area (Å²) in [6, 6.07) is 6.86. The lowest BCUT2D eigenvalue weighted by molar-refractivity contribution is 0.174. The van der Waals surface area contributed by atoms with Gasteiger partial charge in [0.2, 0.25) is 0 Å². The van der Waals surface area contributed by atoms with E-state index in [1.54, 1.807) is 0 Å². The summed E-state index contributed by atoms with van der Waals surface area (Å²) in [4.78, 5) is 0. The van der Waals surface area contributed by atoms with Gasteiger partial charge in [0.25, 0.3) is 0 Å². The van der Waals surface area contributed by atoms with Gasteiger partial charge in [-0.05, 0) is 49.6 Å². The van der Waals surface area contributed by atoms with Crippen LogP contribution in [0.25, 0.3) is 0 Å². The summed E-state index contributed by atoms with van der Waals surface area (Å²) in [6.45, 7) is 2.73. The molecule has 0 saturated carbocycles. The average Bonchev–Trinajstić information content (AvgIpc) is 2.43. The molecule has 1 aliphatic carbocycles. The number of nitrogens with one attached hydrogen (secondary N) is 1. The van der Waals surface area contributed by atoms with Crippen molar-refractivity contribution >= 4 is 0 Å². The van der Waals surface area contributed by atoms with Gasteiger partial charge in [0.05, 0.1) is 6.61 Å². The molecule has 2 unspecified atom stereocenters. The van der Waals surface area contributed by atoms with Crippen molar-refractivity contribution in [2.75, 3.05) is 20.3 Å². The minimum atomic E-state index is 0.173. The second kappa shape index (κ2) is 6.21. The first-order valence-corrected chi connectivity index (χ1v) is 6.78. The quantitative estimate of drug-likeness (QED) is 0.841. The molecule has 0 saturated heterocycles. The highest BCUT2D eigenvalue weighted by Gasteiger charge is 2.18. The molecular weight excluding hydrogens is 226 g/mol. The van der Waals surface area contributed by atoms with Crippen molar-refractivity contribution in [1.82, 2.24) is 5.32 Å². The van der Waals surface area contributed by atoms with Gasteiger partial charge in [-0.3, -0.25) is 0 Å². The van der Waals surface area contributed by atoms with Crippen molar-refractivity contribution in [1.29, 1.82) is 0 Å². The third-order valence-corrected chi connectivity index (χ3v) is 3.62. The van der Waals surface area contributed by atoms with Crippen LogP contribution in [0, 0.1) is 5.92 Å². The fraction of sp³-hybridized carbons (Fsp3) is 0.600. The number of rotatable bonds is 5. The van der Waals surface area contributed by atoms with Crippen molar-refractivity contribution in [2.24, 2.45) is 5.92 Å². The van der Waals surface area contributed by atoms with E-state index >= 15 is 0 Å². The lowest BCUT2D eigenvalue weighted by atomic mass is 9.87. The third kappa shape index (κ3) is 3.03. The molecular formula is C15H23NO2. The molecule has 1 aromatic rings. The first-order chi connectivity index (χ1) is 8.74. The Morgan fingerprint density at radius 2 is 2.33 bits per heavy atom. The molecule has 2 N–H and O–H groups in total. The topological polar surface area (TPSA) is 41.5 Å². The van der Waals surface area contributed by atoms with E-state index in [9.17, 15) is 0 Å². The number of benzene rings is 1. The highest BCUT2D eigenvalue weighted by molar-refractivity contribution is 5.39. The van der Waals surface area contributed by atoms with Crippen LogP contribution in [0.2, 0.25) is 0 Å². The van der Waals surface area contributed by atoms with Crippen LogP contribution in [0.4, 0.5) is 0 Å². The zero-order valence-corrected chi connectivity index (χ0v) is 11.3. The Kier molecular flexibility index (Phi) is 4.61. The molecule has 1 aromatic carbocycles. The van der Waals surface area contributed by atoms with Crippen LogP contribution in [-0.4, -0.2) is 25.4 Å². The number of hydrogen-bond donors (Lipinski definition) is 2. The smallest absolute Gasteiger partial charge is 0.119 e. The van der Waals surface area contributed by atoms with E-state index in [-0.39, 0.29) is 12.5 Å². The van der Waals surface area contributed by atoms with Crippen LogP contribution in [0.5, 0.6) is 5.75 Å². The molecule has 0 radical (unpaired) electrons. The van der Waals surface area contributed by atoms with Gasteiger partial charge >= 0.3 is 0 Å². The predicted molar refractivity (Wildman–Crippen MR) is 72.9 cm³/mol. The molecule has 18 heavy (non-hydrogen) atoms. The normalized spacial score (nSPS) is 20.3. The van der Waals surface area contributed by atoms with Crippen LogP contribution < -0.4 is 10.1 Å². The molecule has 0 aromatic heterocycles. The maximum Gasteiger partial charge on any atom is 0.119 e. The predicted octanol–water partition coefficient (Wildman–Crippen LogP) is 2.29. The third-order valence-electron chi connectivity index (χ3n) is 3.62. The maximum atomic E-state index is 8.98. The fourth-order valence-corrected chi connectivity index (χ4v) is 2.47. The molecule has 0 aliphatic heterocycles. The summed E-state index contributed by atoms with van der Waals surface area (Å²) in [5, 5.41) is 12.3. The van der Waals surface area contributed by atoms with Gasteiger partial charge in [-0.25, -0.2) is 0 Å². The van der Waals surface area contributed by atoms with Crippen LogP contribution in [-0.2, 0) is 6.42 Å². The van der Waals surface area contributed by atoms with Gasteiger partial charge in [-0.2, -0.15) is 0 Å². The zero-order chi connectivity index (χ0) is 13.0. The Morgan fingerprint density at radius 3 is 3.06 bits per heavy atom. The zero-order valence-electron chi connectivity index (χ0n) is 11.3. The van der Waals surface area contributed by atoms with Crippen LogP contribution in [0.3, 0.4) is 0 Å². The summed E-state index contributed by atoms with van der Waals surface area (Å²) in [5.41, 5.74) is 2.81. The second-order valence-electron chi connectivity index (χ2n) is 5.19. The Balaban J connectivity index is 2.07. The molecule has 1 aliphatic rings. The van der Waals surface area contributed by atoms with Crippen molar-refractivity contribution in [3.8, 4) is 5.75 Å². The molecule has 3 nitrogen and oxygen atoms in total. The maximum absolute atomic E-state index is 8.98. The molecule has 0 spiro atoms. The number of aliphatic hydroxyl groups excluding tert-OH is 1. The van der Waals surface area contributed by atoms with Crippen LogP contribution in [0.1, 0.15) is 36.9 Å². The monoisotopic (exact) mass is 249 g/mol. The number of ether oxygens (including phenoxy) is 1. The molecule has 2 rings (SSSR count). The highest BCUT2D eigenvalue weighted by Crippen LogP contribution is 2.31. The molecule has 2 atom stereocenters. The Bertz CT molecular complexity index is 392. The van der Waals surface area contributed by atoms with E-state index in [0.29, 0.717) is 12.6 Å². The highest BCUT2D eigenvalue weighted by atomic mass is 16.5. The first-order valence-electron chi connectivity index (χ1n) is 6.78. The lowest BCUT2D eigenvalue weighted by Gasteiger charge is -2.25. The molecule has 0 amide bonds. The SMILES string of the molecule is CNC1CCCc2cc(OCC(C)CO)ccc21. The minimum absolute atomic E-state index is 0.173. The Labute approximate surface area is 109 Å². The van der Waals surface area contributed by atoms with E-state index in [1.165, 1.54) is 24.0 Å². The molecule has 0 heterocycles. The van der Waals surface area contributed by atoms with Gasteiger partial charge in [-0.1, -0.05) is 13.0 Å². The summed E-state index contributed by atoms with van der Waals surface area (Å²) in [7, 11) is 2.02. The fourth-order valence-electron chi connectivity index (χ4n) is 2.47. The minimum Gasteiger partial charge on any atom is -0.493 e. The van der Waals surface area contributed by atoms with Crippen LogP contribution >= 0.6 is 0 Å². The second-order valence-corrected chi connectivity index (χ2v) is 5.19. The number of hydrogen-bond acceptors (Lipinski definition) is 3. The van der Waals surface area contributed by atoms with Crippen LogP contribution in [0.15, 0.2) is 18.2 Å². The van der Waals surface area contributed by atoms with E-state index in [4.69, 9.17) is 9.84 Å². The Morgan fingerprint density at radius 1 is 1.50 bits per heavy atom. The summed E-state index contributed by atoms with van der Waals surface area (Å²) in [5.74, 6) is 1.11. The Hall–Kier alpha value is -1.06. The van der Waals surface area contributed by atoms with Gasteiger partial charge in [0, 0.05) is 18.6 Å². The number of fused-ring (bicyclic) bond motifs is 1. The van der Waals surface area contributed by atoms with Crippen molar-refractivity contribution in [3.05, 3.63) is 29.3 Å². The molecule has 100 valence electrons. The van der Waals surface area contributed by atoms with Crippen molar-refractivity contribution in [3.63, 3.8) is 0 Å². The first kappa shape index (κ1) is 13.4. The van der Waals surface area contributed by atoms with E-state index in [2.05, 4.69) is 17.4 Å². The molecule has 3 heteroatoms. The van der Waals surface area contributed by atoms with E-state index in [0.717, 1.165) is 12.2 Å². The largest absolute Gasteiger partial charge is 0.493 e. The standard InChI is InChI=1S/C15H23NO2/c1-11(9-17)10-18-13-6-7-14-12(8-13)4-3-5-15(14)16-2/h6-8,11,15-17H,3-5,9-10H2,1-2H3. The lowest BCUT2D eigenvalue weighted by Crippen LogP contribution is -2.21. The van der Waals surface area contributed by atoms with Crippen molar-refractivity contribution < 1.29 is 9.84 Å². The average molecular weight is 249 g/mol. The number of aryl methyl sites for hydroxylation is 1. The van der Waals surface area contributed by atoms with Gasteiger partial charge in [0.1, 0.15) is 5.75 Å². The summed E-state index contributed by atoms with van der Waals surface area (Å²) >= 11 is 0. The van der Waals surface area contributed by atoms with E-state index in [1.807, 2.05) is 20.0 Å². The molecule has 0 fully saturated rings. The summed E-state index contributed by atoms with van der Waals surface area (Å²) in [6.07, 6.45) is 3.58. The van der Waals surface area contributed by atoms with Gasteiger partial charge < -0.3 is 15.2 Å². The van der Waals surface area contributed by atoms with E-state index < -0.39 is 0 Å². The summed E-state index contributed by atoms with van der Waals surface area (Å²) < 4.78 is 5.71. The van der Waals surface area contributed by atoms with Crippen molar-refractivity contribution in [2.45, 2.75) is 32.2 Å². The molecule has 0 bridgehead atoms. The van der Waals surface area contributed by atoms with Gasteiger partial charge in [0.15, 0.2) is 0 Å². The van der Waals surface area contributed by atoms with Gasteiger partial charge in [-0.15, -0.1) is 0 Å². The number of aliphatic hydroxyl groups is 1.